The van der Waals surface area contributed by atoms with E-state index >= 15 is 0 Å². The van der Waals surface area contributed by atoms with E-state index in [1.807, 2.05) is 0 Å². The van der Waals surface area contributed by atoms with Crippen molar-refractivity contribution in [3.63, 3.8) is 0 Å². The van der Waals surface area contributed by atoms with Crippen LogP contribution in [0.3, 0.4) is 0 Å². The van der Waals surface area contributed by atoms with Crippen LogP contribution < -0.4 is 16.7 Å². The number of anilines is 1. The zero-order chi connectivity index (χ0) is 13.1. The molecule has 1 saturated heterocycles. The first-order valence-electron chi connectivity index (χ1n) is 5.21. The van der Waals surface area contributed by atoms with Gasteiger partial charge in [-0.2, -0.15) is 5.01 Å². The van der Waals surface area contributed by atoms with Gasteiger partial charge in [0, 0.05) is 25.2 Å². The summed E-state index contributed by atoms with van der Waals surface area (Å²) in [6.07, 6.45) is 2.95. The van der Waals surface area contributed by atoms with E-state index in [4.69, 9.17) is 5.84 Å². The molecule has 2 rings (SSSR count). The first-order valence-corrected chi connectivity index (χ1v) is 5.21. The minimum absolute atomic E-state index is 0.105. The van der Waals surface area contributed by atoms with Crippen LogP contribution in [0, 0.1) is 0 Å². The van der Waals surface area contributed by atoms with E-state index in [1.165, 1.54) is 18.5 Å². The fourth-order valence-electron chi connectivity index (χ4n) is 1.56. The molecule has 2 heterocycles. The van der Waals surface area contributed by atoms with Crippen molar-refractivity contribution in [3.8, 4) is 0 Å². The lowest BCUT2D eigenvalue weighted by molar-refractivity contribution is -0.141. The number of hydrogen-bond donors (Lipinski definition) is 3. The third-order valence-electron chi connectivity index (χ3n) is 2.49. The summed E-state index contributed by atoms with van der Waals surface area (Å²) >= 11 is 0. The maximum Gasteiger partial charge on any atom is 0.274 e. The highest BCUT2D eigenvalue weighted by molar-refractivity contribution is 6.06. The number of hydrogen-bond acceptors (Lipinski definition) is 6. The number of carbonyl (C=O) groups excluding carboxylic acids is 3. The maximum absolute atomic E-state index is 11.9. The fourth-order valence-corrected chi connectivity index (χ4v) is 1.56. The Bertz CT molecular complexity index is 500. The quantitative estimate of drug-likeness (QED) is 0.365. The van der Waals surface area contributed by atoms with Crippen LogP contribution >= 0.6 is 0 Å². The van der Waals surface area contributed by atoms with Crippen LogP contribution in [-0.2, 0) is 9.59 Å². The van der Waals surface area contributed by atoms with Gasteiger partial charge in [-0.25, -0.2) is 0 Å². The van der Waals surface area contributed by atoms with Crippen molar-refractivity contribution in [2.45, 2.75) is 12.8 Å². The highest BCUT2D eigenvalue weighted by Gasteiger charge is 2.31. The summed E-state index contributed by atoms with van der Waals surface area (Å²) in [4.78, 5) is 38.3. The summed E-state index contributed by atoms with van der Waals surface area (Å²) in [5.41, 5.74) is 5.06. The average Bonchev–Trinajstić information content (AvgIpc) is 2.70. The number of amides is 3. The molecule has 0 aliphatic carbocycles. The van der Waals surface area contributed by atoms with Gasteiger partial charge in [0.1, 0.15) is 0 Å². The second-order valence-corrected chi connectivity index (χ2v) is 3.63. The van der Waals surface area contributed by atoms with E-state index in [2.05, 4.69) is 15.8 Å². The minimum Gasteiger partial charge on any atom is -0.323 e. The summed E-state index contributed by atoms with van der Waals surface area (Å²) in [6, 6.07) is 1.50. The smallest absolute Gasteiger partial charge is 0.274 e. The van der Waals surface area contributed by atoms with Gasteiger partial charge >= 0.3 is 0 Å². The monoisotopic (exact) mass is 249 g/mol. The summed E-state index contributed by atoms with van der Waals surface area (Å²) in [6.45, 7) is 0. The molecule has 0 unspecified atom stereocenters. The van der Waals surface area contributed by atoms with E-state index in [-0.39, 0.29) is 18.4 Å². The van der Waals surface area contributed by atoms with Gasteiger partial charge in [-0.1, -0.05) is 0 Å². The van der Waals surface area contributed by atoms with Crippen molar-refractivity contribution in [2.75, 3.05) is 5.43 Å². The first-order chi connectivity index (χ1) is 8.63. The van der Waals surface area contributed by atoms with Gasteiger partial charge in [-0.3, -0.25) is 30.6 Å². The van der Waals surface area contributed by atoms with Crippen molar-refractivity contribution in [2.24, 2.45) is 5.84 Å². The Balaban J connectivity index is 2.17. The Kier molecular flexibility index (Phi) is 3.20. The van der Waals surface area contributed by atoms with Crippen molar-refractivity contribution in [3.05, 3.63) is 24.0 Å². The van der Waals surface area contributed by atoms with Crippen LogP contribution in [-0.4, -0.2) is 27.7 Å². The topological polar surface area (TPSA) is 117 Å². The number of nitrogen functional groups attached to an aromatic ring is 1. The molecule has 94 valence electrons. The third kappa shape index (κ3) is 2.13. The lowest BCUT2D eigenvalue weighted by Crippen LogP contribution is -2.45. The Morgan fingerprint density at radius 3 is 2.61 bits per heavy atom. The van der Waals surface area contributed by atoms with Gasteiger partial charge in [0.2, 0.25) is 11.8 Å². The van der Waals surface area contributed by atoms with Gasteiger partial charge < -0.3 is 5.43 Å². The van der Waals surface area contributed by atoms with Gasteiger partial charge in [0.15, 0.2) is 0 Å². The van der Waals surface area contributed by atoms with Crippen molar-refractivity contribution >= 4 is 23.4 Å². The van der Waals surface area contributed by atoms with Crippen LogP contribution in [0.1, 0.15) is 23.2 Å². The molecule has 8 heteroatoms. The minimum atomic E-state index is -0.625. The number of nitrogens with one attached hydrogen (secondary N) is 2. The number of imide groups is 1. The Hall–Kier alpha value is -2.48. The largest absolute Gasteiger partial charge is 0.323 e. The zero-order valence-electron chi connectivity index (χ0n) is 9.34. The molecule has 3 amide bonds. The molecular weight excluding hydrogens is 238 g/mol. The number of rotatable bonds is 3. The Morgan fingerprint density at radius 1 is 1.33 bits per heavy atom. The molecule has 8 nitrogen and oxygen atoms in total. The number of pyridine rings is 1. The third-order valence-corrected chi connectivity index (χ3v) is 2.49. The summed E-state index contributed by atoms with van der Waals surface area (Å²) < 4.78 is 0. The number of aromatic nitrogens is 1. The van der Waals surface area contributed by atoms with Crippen LogP contribution in [0.15, 0.2) is 18.5 Å². The molecule has 18 heavy (non-hydrogen) atoms. The van der Waals surface area contributed by atoms with Crippen molar-refractivity contribution < 1.29 is 14.4 Å². The summed E-state index contributed by atoms with van der Waals surface area (Å²) in [7, 11) is 0. The zero-order valence-corrected chi connectivity index (χ0v) is 9.34. The molecule has 0 saturated carbocycles. The van der Waals surface area contributed by atoms with Crippen LogP contribution in [0.25, 0.3) is 0 Å². The van der Waals surface area contributed by atoms with Crippen molar-refractivity contribution in [1.82, 2.24) is 15.4 Å². The van der Waals surface area contributed by atoms with E-state index in [9.17, 15) is 14.4 Å². The highest BCUT2D eigenvalue weighted by Crippen LogP contribution is 2.14. The predicted molar refractivity (Wildman–Crippen MR) is 60.6 cm³/mol. The molecule has 1 aromatic heterocycles. The Labute approximate surface area is 102 Å². The molecule has 0 atom stereocenters. The number of nitrogens with two attached hydrogens (primary N) is 1. The normalized spacial score (nSPS) is 14.8. The van der Waals surface area contributed by atoms with Crippen molar-refractivity contribution in [1.29, 1.82) is 0 Å². The fraction of sp³-hybridized carbons (Fsp3) is 0.200. The molecular formula is C10H11N5O3. The molecule has 0 spiro atoms. The van der Waals surface area contributed by atoms with Gasteiger partial charge in [0.05, 0.1) is 11.3 Å². The molecule has 1 aliphatic heterocycles. The standard InChI is InChI=1S/C10H11N5O3/c11-13-7-3-4-12-5-6(7)10(18)14-15-8(16)1-2-9(15)17/h3-5H,1-2,11H2,(H,12,13)(H,14,18). The van der Waals surface area contributed by atoms with Gasteiger partial charge in [-0.15, -0.1) is 0 Å². The molecule has 1 fully saturated rings. The van der Waals surface area contributed by atoms with E-state index in [0.717, 1.165) is 5.01 Å². The molecule has 0 aromatic carbocycles. The van der Waals surface area contributed by atoms with Gasteiger partial charge in [-0.05, 0) is 6.07 Å². The molecule has 0 bridgehead atoms. The molecule has 1 aliphatic rings. The predicted octanol–water partition coefficient (Wildman–Crippen LogP) is -0.839. The van der Waals surface area contributed by atoms with E-state index in [1.54, 1.807) is 0 Å². The molecule has 1 aromatic rings. The van der Waals surface area contributed by atoms with E-state index < -0.39 is 17.7 Å². The second kappa shape index (κ2) is 4.80. The SMILES string of the molecule is NNc1ccncc1C(=O)NN1C(=O)CCC1=O. The van der Waals surface area contributed by atoms with Crippen LogP contribution in [0.2, 0.25) is 0 Å². The molecule has 0 radical (unpaired) electrons. The number of hydrazine groups is 2. The summed E-state index contributed by atoms with van der Waals surface area (Å²) in [5.74, 6) is 3.76. The van der Waals surface area contributed by atoms with Gasteiger partial charge in [0.25, 0.3) is 5.91 Å². The maximum atomic E-state index is 11.9. The highest BCUT2D eigenvalue weighted by atomic mass is 16.2. The first kappa shape index (κ1) is 12.0. The lowest BCUT2D eigenvalue weighted by Gasteiger charge is -2.15. The second-order valence-electron chi connectivity index (χ2n) is 3.63. The number of carbonyl (C=O) groups is 3. The molecule has 4 N–H and O–H groups in total. The Morgan fingerprint density at radius 2 is 2.00 bits per heavy atom. The van der Waals surface area contributed by atoms with E-state index in [0.29, 0.717) is 5.69 Å². The van der Waals surface area contributed by atoms with Crippen LogP contribution in [0.4, 0.5) is 5.69 Å². The average molecular weight is 249 g/mol. The summed E-state index contributed by atoms with van der Waals surface area (Å²) in [5, 5.41) is 0.718. The van der Waals surface area contributed by atoms with Crippen LogP contribution in [0.5, 0.6) is 0 Å². The number of nitrogens with zero attached hydrogens (tertiary/aromatic N) is 2. The lowest BCUT2D eigenvalue weighted by atomic mass is 10.2.